The van der Waals surface area contributed by atoms with Crippen LogP contribution in [0.5, 0.6) is 0 Å². The van der Waals surface area contributed by atoms with E-state index in [-0.39, 0.29) is 30.5 Å². The van der Waals surface area contributed by atoms with Gasteiger partial charge in [0.15, 0.2) is 23.0 Å². The average Bonchev–Trinajstić information content (AvgIpc) is 2.81. The van der Waals surface area contributed by atoms with Crippen LogP contribution in [0.25, 0.3) is 0 Å². The van der Waals surface area contributed by atoms with E-state index in [4.69, 9.17) is 0 Å². The lowest BCUT2D eigenvalue weighted by Gasteiger charge is -2.61. The smallest absolute Gasteiger partial charge is 0.192 e. The first-order chi connectivity index (χ1) is 12.9. The van der Waals surface area contributed by atoms with E-state index in [1.807, 2.05) is 6.92 Å². The zero-order valence-corrected chi connectivity index (χ0v) is 16.1. The van der Waals surface area contributed by atoms with E-state index in [1.165, 1.54) is 6.08 Å². The van der Waals surface area contributed by atoms with Crippen molar-refractivity contribution >= 4 is 11.6 Å². The Morgan fingerprint density at radius 2 is 1.93 bits per heavy atom. The molecule has 0 aromatic heterocycles. The molecule has 7 heteroatoms. The number of hydrogen-bond donors (Lipinski definition) is 5. The minimum absolute atomic E-state index is 0.118. The maximum absolute atomic E-state index is 12.4. The summed E-state index contributed by atoms with van der Waals surface area (Å²) in [6.07, 6.45) is 4.36. The number of aliphatic hydroxyl groups excluding tert-OH is 2. The molecule has 0 radical (unpaired) electrons. The van der Waals surface area contributed by atoms with Gasteiger partial charge in [-0.25, -0.2) is 0 Å². The van der Waals surface area contributed by atoms with Crippen LogP contribution in [0.1, 0.15) is 39.5 Å². The molecule has 28 heavy (non-hydrogen) atoms. The molecule has 0 aliphatic heterocycles. The van der Waals surface area contributed by atoms with E-state index >= 15 is 0 Å². The molecule has 0 spiro atoms. The molecule has 4 aliphatic rings. The third kappa shape index (κ3) is 2.22. The minimum Gasteiger partial charge on any atom is -0.390 e. The molecule has 4 aliphatic carbocycles. The van der Waals surface area contributed by atoms with E-state index in [2.05, 4.69) is 0 Å². The molecule has 3 fully saturated rings. The fraction of sp³-hybridized carbons (Fsp3) is 0.714. The van der Waals surface area contributed by atoms with Crippen LogP contribution in [-0.2, 0) is 9.59 Å². The molecule has 0 heterocycles. The van der Waals surface area contributed by atoms with Crippen molar-refractivity contribution in [2.24, 2.45) is 28.6 Å². The van der Waals surface area contributed by atoms with Crippen LogP contribution in [0.4, 0.5) is 0 Å². The van der Waals surface area contributed by atoms with Gasteiger partial charge in [0.25, 0.3) is 0 Å². The Kier molecular flexibility index (Phi) is 4.15. The molecule has 0 aromatic rings. The predicted molar refractivity (Wildman–Crippen MR) is 97.6 cm³/mol. The quantitative estimate of drug-likeness (QED) is 0.412. The van der Waals surface area contributed by atoms with Crippen molar-refractivity contribution in [3.05, 3.63) is 23.8 Å². The highest BCUT2D eigenvalue weighted by molar-refractivity contribution is 6.01. The van der Waals surface area contributed by atoms with Crippen LogP contribution in [0.3, 0.4) is 0 Å². The Morgan fingerprint density at radius 1 is 1.25 bits per heavy atom. The number of allylic oxidation sites excluding steroid dienone is 4. The van der Waals surface area contributed by atoms with Gasteiger partial charge in [-0.3, -0.25) is 9.59 Å². The van der Waals surface area contributed by atoms with Crippen LogP contribution in [0.15, 0.2) is 23.8 Å². The van der Waals surface area contributed by atoms with Crippen molar-refractivity contribution in [2.45, 2.75) is 57.0 Å². The summed E-state index contributed by atoms with van der Waals surface area (Å²) in [4.78, 5) is 24.3. The van der Waals surface area contributed by atoms with Crippen molar-refractivity contribution in [3.63, 3.8) is 0 Å². The molecule has 0 bridgehead atoms. The molecule has 1 unspecified atom stereocenters. The molecular formula is C21H28O7. The second-order valence-corrected chi connectivity index (χ2v) is 9.55. The standard InChI is InChI=1S/C21H28O7/c1-18-6-5-12(23)7-11(18)3-4-13-14-8-15(24)21(28,16(25)9-22)19(14,2)10-20(26,27)17(13)18/h5-7,13-15,17,22,24,26-28H,3-4,8-10H2,1-2H3/t13-,14-,15?,17-,18-,19-,21-/m0/s1. The normalized spacial score (nSPS) is 49.1. The summed E-state index contributed by atoms with van der Waals surface area (Å²) in [5.74, 6) is -4.48. The van der Waals surface area contributed by atoms with Crippen LogP contribution in [-0.4, -0.2) is 61.2 Å². The first kappa shape index (κ1) is 19.9. The lowest BCUT2D eigenvalue weighted by molar-refractivity contribution is -0.300. The summed E-state index contributed by atoms with van der Waals surface area (Å²) in [5.41, 5.74) is -3.39. The van der Waals surface area contributed by atoms with Crippen molar-refractivity contribution in [2.75, 3.05) is 6.61 Å². The summed E-state index contributed by atoms with van der Waals surface area (Å²) in [7, 11) is 0. The maximum atomic E-state index is 12.4. The van der Waals surface area contributed by atoms with Crippen LogP contribution < -0.4 is 0 Å². The highest BCUT2D eigenvalue weighted by Gasteiger charge is 2.74. The Hall–Kier alpha value is -1.38. The number of fused-ring (bicyclic) bond motifs is 5. The van der Waals surface area contributed by atoms with Gasteiger partial charge in [-0.2, -0.15) is 0 Å². The van der Waals surface area contributed by atoms with Crippen LogP contribution in [0, 0.1) is 28.6 Å². The molecule has 0 aromatic carbocycles. The molecular weight excluding hydrogens is 364 g/mol. The van der Waals surface area contributed by atoms with Crippen molar-refractivity contribution in [1.82, 2.24) is 0 Å². The maximum Gasteiger partial charge on any atom is 0.192 e. The van der Waals surface area contributed by atoms with Gasteiger partial charge in [0, 0.05) is 23.2 Å². The summed E-state index contributed by atoms with van der Waals surface area (Å²) < 4.78 is 0. The second-order valence-electron chi connectivity index (χ2n) is 9.55. The van der Waals surface area contributed by atoms with Gasteiger partial charge in [0.2, 0.25) is 0 Å². The van der Waals surface area contributed by atoms with E-state index in [0.717, 1.165) is 5.57 Å². The summed E-state index contributed by atoms with van der Waals surface area (Å²) in [5, 5.41) is 53.5. The first-order valence-corrected chi connectivity index (χ1v) is 9.85. The summed E-state index contributed by atoms with van der Waals surface area (Å²) in [6.45, 7) is 2.56. The Bertz CT molecular complexity index is 799. The van der Waals surface area contributed by atoms with Gasteiger partial charge in [-0.05, 0) is 43.3 Å². The number of carbonyl (C=O) groups excluding carboxylic acids is 2. The third-order valence-electron chi connectivity index (χ3n) is 8.28. The summed E-state index contributed by atoms with van der Waals surface area (Å²) >= 11 is 0. The van der Waals surface area contributed by atoms with Gasteiger partial charge >= 0.3 is 0 Å². The van der Waals surface area contributed by atoms with Crippen LogP contribution >= 0.6 is 0 Å². The monoisotopic (exact) mass is 392 g/mol. The largest absolute Gasteiger partial charge is 0.390 e. The number of ketones is 2. The molecule has 3 saturated carbocycles. The number of Topliss-reactive ketones (excluding diaryl/α,β-unsaturated/α-hetero) is 1. The van der Waals surface area contributed by atoms with Crippen molar-refractivity contribution in [3.8, 4) is 0 Å². The Labute approximate surface area is 163 Å². The van der Waals surface area contributed by atoms with Gasteiger partial charge < -0.3 is 25.5 Å². The Morgan fingerprint density at radius 3 is 2.57 bits per heavy atom. The lowest BCUT2D eigenvalue weighted by Crippen LogP contribution is -2.67. The second kappa shape index (κ2) is 5.83. The molecule has 0 amide bonds. The highest BCUT2D eigenvalue weighted by Crippen LogP contribution is 2.68. The zero-order chi connectivity index (χ0) is 20.7. The van der Waals surface area contributed by atoms with Crippen molar-refractivity contribution < 1.29 is 35.1 Å². The zero-order valence-electron chi connectivity index (χ0n) is 16.1. The van der Waals surface area contributed by atoms with Crippen molar-refractivity contribution in [1.29, 1.82) is 0 Å². The molecule has 5 N–H and O–H groups in total. The van der Waals surface area contributed by atoms with Gasteiger partial charge in [0.1, 0.15) is 6.61 Å². The van der Waals surface area contributed by atoms with E-state index in [9.17, 15) is 35.1 Å². The van der Waals surface area contributed by atoms with Gasteiger partial charge in [-0.1, -0.05) is 25.5 Å². The summed E-state index contributed by atoms with van der Waals surface area (Å²) in [6, 6.07) is 0. The SMILES string of the molecule is C[C@]12C=CC(=O)C=C1CC[C@@H]1[C@@H]2C(O)(O)C[C@@]2(C)[C@H]1CC(O)[C@]2(O)C(=O)CO. The van der Waals surface area contributed by atoms with Crippen LogP contribution in [0.2, 0.25) is 0 Å². The average molecular weight is 392 g/mol. The molecule has 0 saturated heterocycles. The van der Waals surface area contributed by atoms with E-state index < -0.39 is 46.6 Å². The first-order valence-electron chi connectivity index (χ1n) is 9.85. The molecule has 154 valence electrons. The minimum atomic E-state index is -2.23. The number of aliphatic hydroxyl groups is 5. The number of carbonyl (C=O) groups is 2. The Balaban J connectivity index is 1.83. The lowest BCUT2D eigenvalue weighted by atomic mass is 9.45. The fourth-order valence-corrected chi connectivity index (χ4v) is 7.10. The number of rotatable bonds is 2. The van der Waals surface area contributed by atoms with Gasteiger partial charge in [-0.15, -0.1) is 0 Å². The molecule has 4 rings (SSSR count). The highest BCUT2D eigenvalue weighted by atomic mass is 16.5. The molecule has 7 atom stereocenters. The number of hydrogen-bond acceptors (Lipinski definition) is 7. The predicted octanol–water partition coefficient (Wildman–Crippen LogP) is -0.152. The van der Waals surface area contributed by atoms with Gasteiger partial charge in [0.05, 0.1) is 6.10 Å². The third-order valence-corrected chi connectivity index (χ3v) is 8.28. The molecule has 7 nitrogen and oxygen atoms in total. The fourth-order valence-electron chi connectivity index (χ4n) is 7.10. The van der Waals surface area contributed by atoms with E-state index in [1.54, 1.807) is 19.1 Å². The topological polar surface area (TPSA) is 135 Å². The van der Waals surface area contributed by atoms with E-state index in [0.29, 0.717) is 12.8 Å².